The van der Waals surface area contributed by atoms with Crippen molar-refractivity contribution in [2.45, 2.75) is 18.2 Å². The van der Waals surface area contributed by atoms with Crippen molar-refractivity contribution in [3.63, 3.8) is 0 Å². The van der Waals surface area contributed by atoms with Crippen LogP contribution in [0.25, 0.3) is 0 Å². The van der Waals surface area contributed by atoms with Crippen LogP contribution in [0.4, 0.5) is 0 Å². The maximum Gasteiger partial charge on any atom is 0.327 e. The molecule has 2 amide bonds. The smallest absolute Gasteiger partial charge is 0.327 e. The van der Waals surface area contributed by atoms with Gasteiger partial charge in [-0.3, -0.25) is 25.0 Å². The van der Waals surface area contributed by atoms with Gasteiger partial charge >= 0.3 is 5.97 Å². The van der Waals surface area contributed by atoms with Crippen molar-refractivity contribution < 1.29 is 24.2 Å². The van der Waals surface area contributed by atoms with Gasteiger partial charge < -0.3 is 9.84 Å². The number of hydrogen-bond donors (Lipinski definition) is 3. The molecule has 0 spiro atoms. The fourth-order valence-electron chi connectivity index (χ4n) is 4.17. The average molecular weight is 380 g/mol. The molecule has 28 heavy (non-hydrogen) atoms. The summed E-state index contributed by atoms with van der Waals surface area (Å²) >= 11 is 0. The molecule has 7 nitrogen and oxygen atoms in total. The van der Waals surface area contributed by atoms with Crippen molar-refractivity contribution in [3.05, 3.63) is 71.8 Å². The fourth-order valence-corrected chi connectivity index (χ4v) is 4.17. The zero-order chi connectivity index (χ0) is 19.7. The van der Waals surface area contributed by atoms with Gasteiger partial charge in [-0.15, -0.1) is 0 Å². The summed E-state index contributed by atoms with van der Waals surface area (Å²) in [5.41, 5.74) is -0.0337. The first kappa shape index (κ1) is 18.3. The Labute approximate surface area is 161 Å². The number of rotatable bonds is 6. The molecule has 0 bridgehead atoms. The van der Waals surface area contributed by atoms with Crippen LogP contribution in [-0.4, -0.2) is 35.0 Å². The van der Waals surface area contributed by atoms with Gasteiger partial charge in [-0.1, -0.05) is 60.7 Å². The number of fused-ring (bicyclic) bond motifs is 1. The number of ether oxygens (including phenoxy) is 1. The van der Waals surface area contributed by atoms with E-state index in [0.29, 0.717) is 0 Å². The Balaban J connectivity index is 1.64. The molecule has 4 atom stereocenters. The van der Waals surface area contributed by atoms with Crippen LogP contribution in [0.3, 0.4) is 0 Å². The molecule has 2 aromatic rings. The van der Waals surface area contributed by atoms with E-state index in [1.165, 1.54) is 0 Å². The zero-order valence-electron chi connectivity index (χ0n) is 15.0. The van der Waals surface area contributed by atoms with Gasteiger partial charge in [-0.25, -0.2) is 0 Å². The molecule has 0 aliphatic carbocycles. The van der Waals surface area contributed by atoms with E-state index in [4.69, 9.17) is 4.74 Å². The van der Waals surface area contributed by atoms with Crippen LogP contribution in [0.1, 0.15) is 17.2 Å². The molecule has 4 unspecified atom stereocenters. The Hall–Kier alpha value is -3.03. The van der Waals surface area contributed by atoms with Crippen LogP contribution in [0.2, 0.25) is 0 Å². The Bertz CT molecular complexity index is 902. The van der Waals surface area contributed by atoms with Crippen LogP contribution in [-0.2, 0) is 25.7 Å². The first-order valence-corrected chi connectivity index (χ1v) is 9.05. The molecular weight excluding hydrogens is 360 g/mol. The van der Waals surface area contributed by atoms with E-state index < -0.39 is 41.2 Å². The molecule has 2 aromatic carbocycles. The Kier molecular flexibility index (Phi) is 4.70. The molecule has 144 valence electrons. The summed E-state index contributed by atoms with van der Waals surface area (Å²) in [5, 5.41) is 15.4. The van der Waals surface area contributed by atoms with E-state index in [-0.39, 0.29) is 13.2 Å². The van der Waals surface area contributed by atoms with E-state index in [2.05, 4.69) is 10.6 Å². The van der Waals surface area contributed by atoms with Crippen molar-refractivity contribution in [2.75, 3.05) is 6.61 Å². The highest BCUT2D eigenvalue weighted by molar-refractivity contribution is 6.09. The number of carboxylic acids is 1. The first-order valence-electron chi connectivity index (χ1n) is 9.05. The molecule has 7 heteroatoms. The van der Waals surface area contributed by atoms with Crippen LogP contribution in [0, 0.1) is 11.8 Å². The van der Waals surface area contributed by atoms with Crippen molar-refractivity contribution in [1.29, 1.82) is 0 Å². The van der Waals surface area contributed by atoms with Gasteiger partial charge in [0.1, 0.15) is 0 Å². The van der Waals surface area contributed by atoms with Gasteiger partial charge in [0.2, 0.25) is 11.8 Å². The lowest BCUT2D eigenvalue weighted by Crippen LogP contribution is -2.58. The van der Waals surface area contributed by atoms with E-state index in [0.717, 1.165) is 11.1 Å². The maximum atomic E-state index is 12.5. The number of aliphatic carboxylic acids is 1. The third-order valence-corrected chi connectivity index (χ3v) is 5.48. The summed E-state index contributed by atoms with van der Waals surface area (Å²) in [6.07, 6.45) is 0. The van der Waals surface area contributed by atoms with E-state index in [1.807, 2.05) is 60.7 Å². The lowest BCUT2D eigenvalue weighted by molar-refractivity contribution is -0.152. The third kappa shape index (κ3) is 2.98. The number of amides is 2. The van der Waals surface area contributed by atoms with Crippen molar-refractivity contribution in [3.8, 4) is 0 Å². The number of benzene rings is 2. The summed E-state index contributed by atoms with van der Waals surface area (Å²) in [6.45, 7) is -0.0249. The molecule has 2 saturated heterocycles. The largest absolute Gasteiger partial charge is 0.480 e. The van der Waals surface area contributed by atoms with Gasteiger partial charge in [0.15, 0.2) is 5.54 Å². The van der Waals surface area contributed by atoms with Crippen molar-refractivity contribution in [2.24, 2.45) is 11.8 Å². The molecule has 3 N–H and O–H groups in total. The predicted octanol–water partition coefficient (Wildman–Crippen LogP) is 1.26. The normalized spacial score (nSPS) is 28.8. The van der Waals surface area contributed by atoms with Crippen molar-refractivity contribution in [1.82, 2.24) is 10.6 Å². The standard InChI is InChI=1S/C21H20N2O5/c24-18-15-16(19(25)22-18)21(20(26)27,12-28-11-13-7-3-1-4-8-13)23-17(15)14-9-5-2-6-10-14/h1-10,15-17,23H,11-12H2,(H,26,27)(H,22,24,25). The number of carbonyl (C=O) groups is 3. The first-order chi connectivity index (χ1) is 13.5. The molecule has 2 heterocycles. The zero-order valence-corrected chi connectivity index (χ0v) is 15.0. The van der Waals surface area contributed by atoms with E-state index in [1.54, 1.807) is 0 Å². The van der Waals surface area contributed by atoms with E-state index >= 15 is 0 Å². The molecule has 4 rings (SSSR count). The fraction of sp³-hybridized carbons (Fsp3) is 0.286. The number of imide groups is 1. The second-order valence-electron chi connectivity index (χ2n) is 7.14. The molecule has 2 aliphatic rings. The molecule has 0 saturated carbocycles. The number of carboxylic acid groups (broad SMARTS) is 1. The van der Waals surface area contributed by atoms with Crippen LogP contribution in [0.5, 0.6) is 0 Å². The van der Waals surface area contributed by atoms with Gasteiger partial charge in [0.25, 0.3) is 0 Å². The minimum absolute atomic E-state index is 0.209. The SMILES string of the molecule is O=C1NC(=O)C2C1C(c1ccccc1)NC2(COCc1ccccc1)C(=O)O. The molecule has 2 fully saturated rings. The van der Waals surface area contributed by atoms with Crippen LogP contribution >= 0.6 is 0 Å². The summed E-state index contributed by atoms with van der Waals surface area (Å²) in [6, 6.07) is 17.9. The quantitative estimate of drug-likeness (QED) is 0.652. The molecule has 0 radical (unpaired) electrons. The summed E-state index contributed by atoms with van der Waals surface area (Å²) in [5.74, 6) is -4.09. The summed E-state index contributed by atoms with van der Waals surface area (Å²) in [7, 11) is 0. The summed E-state index contributed by atoms with van der Waals surface area (Å²) < 4.78 is 5.71. The predicted molar refractivity (Wildman–Crippen MR) is 98.9 cm³/mol. The number of carbonyl (C=O) groups excluding carboxylic acids is 2. The minimum Gasteiger partial charge on any atom is -0.480 e. The maximum absolute atomic E-state index is 12.5. The second-order valence-corrected chi connectivity index (χ2v) is 7.14. The highest BCUT2D eigenvalue weighted by atomic mass is 16.5. The Morgan fingerprint density at radius 1 is 1.00 bits per heavy atom. The van der Waals surface area contributed by atoms with Crippen LogP contribution < -0.4 is 10.6 Å². The van der Waals surface area contributed by atoms with Gasteiger partial charge in [-0.05, 0) is 11.1 Å². The second kappa shape index (κ2) is 7.18. The summed E-state index contributed by atoms with van der Waals surface area (Å²) in [4.78, 5) is 37.3. The average Bonchev–Trinajstić information content (AvgIpc) is 3.21. The highest BCUT2D eigenvalue weighted by Crippen LogP contribution is 2.46. The lowest BCUT2D eigenvalue weighted by atomic mass is 9.79. The molecular formula is C21H20N2O5. The highest BCUT2D eigenvalue weighted by Gasteiger charge is 2.66. The molecule has 2 aliphatic heterocycles. The van der Waals surface area contributed by atoms with Crippen LogP contribution in [0.15, 0.2) is 60.7 Å². The van der Waals surface area contributed by atoms with E-state index in [9.17, 15) is 19.5 Å². The monoisotopic (exact) mass is 380 g/mol. The minimum atomic E-state index is -1.68. The van der Waals surface area contributed by atoms with Gasteiger partial charge in [0, 0.05) is 6.04 Å². The number of hydrogen-bond acceptors (Lipinski definition) is 5. The van der Waals surface area contributed by atoms with Crippen molar-refractivity contribution >= 4 is 17.8 Å². The topological polar surface area (TPSA) is 105 Å². The third-order valence-electron chi connectivity index (χ3n) is 5.48. The van der Waals surface area contributed by atoms with Gasteiger partial charge in [-0.2, -0.15) is 0 Å². The Morgan fingerprint density at radius 2 is 1.64 bits per heavy atom. The van der Waals surface area contributed by atoms with Gasteiger partial charge in [0.05, 0.1) is 25.0 Å². The Morgan fingerprint density at radius 3 is 2.29 bits per heavy atom. The molecule has 0 aromatic heterocycles. The number of nitrogens with one attached hydrogen (secondary N) is 2. The lowest BCUT2D eigenvalue weighted by Gasteiger charge is -2.29.